The molecule has 0 saturated heterocycles. The van der Waals surface area contributed by atoms with Crippen LogP contribution in [0.5, 0.6) is 0 Å². The summed E-state index contributed by atoms with van der Waals surface area (Å²) >= 11 is 0. The Morgan fingerprint density at radius 1 is 1.29 bits per heavy atom. The molecule has 14 heavy (non-hydrogen) atoms. The summed E-state index contributed by atoms with van der Waals surface area (Å²) in [6, 6.07) is 0. The minimum Gasteiger partial charge on any atom is -0.375 e. The van der Waals surface area contributed by atoms with Crippen molar-refractivity contribution in [2.75, 3.05) is 7.11 Å². The van der Waals surface area contributed by atoms with Crippen LogP contribution < -0.4 is 0 Å². The van der Waals surface area contributed by atoms with E-state index >= 15 is 0 Å². The molecule has 3 heteroatoms. The third kappa shape index (κ3) is 2.44. The van der Waals surface area contributed by atoms with Gasteiger partial charge in [0.05, 0.1) is 0 Å². The van der Waals surface area contributed by atoms with Gasteiger partial charge in [-0.2, -0.15) is 0 Å². The fourth-order valence-corrected chi connectivity index (χ4v) is 2.13. The van der Waals surface area contributed by atoms with E-state index in [1.807, 2.05) is 0 Å². The highest BCUT2D eigenvalue weighted by molar-refractivity contribution is 4.90. The molecular formula is C11H20F2O. The lowest BCUT2D eigenvalue weighted by atomic mass is 9.70. The van der Waals surface area contributed by atoms with E-state index in [4.69, 9.17) is 4.74 Å². The van der Waals surface area contributed by atoms with Crippen LogP contribution in [0.1, 0.15) is 40.0 Å². The predicted molar refractivity (Wildman–Crippen MR) is 52.5 cm³/mol. The molecule has 0 aromatic heterocycles. The first-order valence-electron chi connectivity index (χ1n) is 5.18. The quantitative estimate of drug-likeness (QED) is 0.638. The lowest BCUT2D eigenvalue weighted by molar-refractivity contribution is -0.163. The van der Waals surface area contributed by atoms with Crippen LogP contribution >= 0.6 is 0 Å². The van der Waals surface area contributed by atoms with E-state index in [9.17, 15) is 8.78 Å². The maximum atomic E-state index is 13.3. The molecule has 1 rings (SSSR count). The SMILES string of the molecule is COC1CC(C(C)(C)C)CCC1(F)F. The molecular weight excluding hydrogens is 186 g/mol. The van der Waals surface area contributed by atoms with Crippen molar-refractivity contribution < 1.29 is 13.5 Å². The highest BCUT2D eigenvalue weighted by Gasteiger charge is 2.47. The molecule has 0 spiro atoms. The summed E-state index contributed by atoms with van der Waals surface area (Å²) in [4.78, 5) is 0. The number of hydrogen-bond acceptors (Lipinski definition) is 1. The summed E-state index contributed by atoms with van der Waals surface area (Å²) < 4.78 is 31.5. The van der Waals surface area contributed by atoms with Gasteiger partial charge in [-0.1, -0.05) is 20.8 Å². The second-order valence-electron chi connectivity index (χ2n) is 5.32. The van der Waals surface area contributed by atoms with E-state index < -0.39 is 12.0 Å². The maximum Gasteiger partial charge on any atom is 0.273 e. The monoisotopic (exact) mass is 206 g/mol. The summed E-state index contributed by atoms with van der Waals surface area (Å²) in [5, 5.41) is 0. The van der Waals surface area contributed by atoms with Crippen molar-refractivity contribution in [3.8, 4) is 0 Å². The molecule has 1 aliphatic rings. The average Bonchev–Trinajstić information content (AvgIpc) is 2.01. The summed E-state index contributed by atoms with van der Waals surface area (Å²) in [5.41, 5.74) is 0.104. The van der Waals surface area contributed by atoms with Crippen molar-refractivity contribution in [2.24, 2.45) is 11.3 Å². The number of methoxy groups -OCH3 is 1. The molecule has 0 heterocycles. The topological polar surface area (TPSA) is 9.23 Å². The summed E-state index contributed by atoms with van der Waals surface area (Å²) in [6.45, 7) is 6.32. The number of alkyl halides is 2. The number of hydrogen-bond donors (Lipinski definition) is 0. The Kier molecular flexibility index (Phi) is 3.20. The van der Waals surface area contributed by atoms with Gasteiger partial charge in [0.2, 0.25) is 0 Å². The van der Waals surface area contributed by atoms with Crippen LogP contribution in [0.3, 0.4) is 0 Å². The average molecular weight is 206 g/mol. The second-order valence-corrected chi connectivity index (χ2v) is 5.32. The van der Waals surface area contributed by atoms with E-state index in [0.29, 0.717) is 18.8 Å². The maximum absolute atomic E-state index is 13.3. The second kappa shape index (κ2) is 3.76. The molecule has 84 valence electrons. The van der Waals surface area contributed by atoms with Crippen molar-refractivity contribution in [3.05, 3.63) is 0 Å². The van der Waals surface area contributed by atoms with E-state index in [2.05, 4.69) is 20.8 Å². The van der Waals surface area contributed by atoms with Gasteiger partial charge in [-0.3, -0.25) is 0 Å². The molecule has 2 unspecified atom stereocenters. The van der Waals surface area contributed by atoms with Crippen LogP contribution in [-0.2, 0) is 4.74 Å². The fourth-order valence-electron chi connectivity index (χ4n) is 2.13. The summed E-state index contributed by atoms with van der Waals surface area (Å²) in [5.74, 6) is -2.29. The van der Waals surface area contributed by atoms with Gasteiger partial charge in [0.1, 0.15) is 6.10 Å². The normalized spacial score (nSPS) is 33.0. The molecule has 0 bridgehead atoms. The molecule has 0 aromatic rings. The highest BCUT2D eigenvalue weighted by atomic mass is 19.3. The minimum atomic E-state index is -2.63. The van der Waals surface area contributed by atoms with Crippen molar-refractivity contribution in [1.29, 1.82) is 0 Å². The van der Waals surface area contributed by atoms with Crippen molar-refractivity contribution in [1.82, 2.24) is 0 Å². The van der Waals surface area contributed by atoms with Crippen LogP contribution in [0.4, 0.5) is 8.78 Å². The first kappa shape index (κ1) is 11.9. The minimum absolute atomic E-state index is 0.0343. The molecule has 0 aromatic carbocycles. The zero-order valence-corrected chi connectivity index (χ0v) is 9.44. The van der Waals surface area contributed by atoms with Gasteiger partial charge < -0.3 is 4.74 Å². The molecule has 1 fully saturated rings. The Morgan fingerprint density at radius 3 is 2.29 bits per heavy atom. The van der Waals surface area contributed by atoms with E-state index in [1.165, 1.54) is 7.11 Å². The molecule has 2 atom stereocenters. The van der Waals surface area contributed by atoms with E-state index in [-0.39, 0.29) is 11.8 Å². The van der Waals surface area contributed by atoms with Gasteiger partial charge in [-0.05, 0) is 24.2 Å². The zero-order valence-electron chi connectivity index (χ0n) is 9.44. The first-order chi connectivity index (χ1) is 6.27. The Bertz CT molecular complexity index is 196. The Hall–Kier alpha value is -0.180. The molecule has 1 nitrogen and oxygen atoms in total. The zero-order chi connectivity index (χ0) is 11.0. The number of rotatable bonds is 1. The number of halogens is 2. The van der Waals surface area contributed by atoms with Crippen LogP contribution in [0.2, 0.25) is 0 Å². The van der Waals surface area contributed by atoms with E-state index in [1.54, 1.807) is 0 Å². The van der Waals surface area contributed by atoms with Crippen LogP contribution in [-0.4, -0.2) is 19.1 Å². The van der Waals surface area contributed by atoms with Gasteiger partial charge in [-0.25, -0.2) is 8.78 Å². The standard InChI is InChI=1S/C11H20F2O/c1-10(2,3)8-5-6-11(12,13)9(7-8)14-4/h8-9H,5-7H2,1-4H3. The summed E-state index contributed by atoms with van der Waals surface area (Å²) in [6.07, 6.45) is 0.164. The van der Waals surface area contributed by atoms with Crippen molar-refractivity contribution in [3.63, 3.8) is 0 Å². The van der Waals surface area contributed by atoms with Crippen molar-refractivity contribution >= 4 is 0 Å². The third-order valence-corrected chi connectivity index (χ3v) is 3.31. The van der Waals surface area contributed by atoms with Gasteiger partial charge in [0.25, 0.3) is 5.92 Å². The highest BCUT2D eigenvalue weighted by Crippen LogP contribution is 2.44. The Balaban J connectivity index is 2.67. The Labute approximate surface area is 84.8 Å². The van der Waals surface area contributed by atoms with Crippen LogP contribution in [0.25, 0.3) is 0 Å². The van der Waals surface area contributed by atoms with E-state index in [0.717, 1.165) is 0 Å². The lowest BCUT2D eigenvalue weighted by Gasteiger charge is -2.40. The van der Waals surface area contributed by atoms with Gasteiger partial charge in [0, 0.05) is 13.5 Å². The van der Waals surface area contributed by atoms with Gasteiger partial charge >= 0.3 is 0 Å². The molecule has 1 aliphatic carbocycles. The van der Waals surface area contributed by atoms with Gasteiger partial charge in [0.15, 0.2) is 0 Å². The predicted octanol–water partition coefficient (Wildman–Crippen LogP) is 3.48. The molecule has 0 amide bonds. The van der Waals surface area contributed by atoms with Crippen LogP contribution in [0, 0.1) is 11.3 Å². The molecule has 0 radical (unpaired) electrons. The largest absolute Gasteiger partial charge is 0.375 e. The molecule has 0 aliphatic heterocycles. The summed E-state index contributed by atoms with van der Waals surface area (Å²) in [7, 11) is 1.38. The van der Waals surface area contributed by atoms with Crippen LogP contribution in [0.15, 0.2) is 0 Å². The first-order valence-corrected chi connectivity index (χ1v) is 5.18. The molecule has 1 saturated carbocycles. The smallest absolute Gasteiger partial charge is 0.273 e. The Morgan fingerprint density at radius 2 is 1.86 bits per heavy atom. The van der Waals surface area contributed by atoms with Crippen molar-refractivity contribution in [2.45, 2.75) is 52.1 Å². The third-order valence-electron chi connectivity index (χ3n) is 3.31. The fraction of sp³-hybridized carbons (Fsp3) is 1.00. The lowest BCUT2D eigenvalue weighted by Crippen LogP contribution is -2.43. The molecule has 0 N–H and O–H groups in total. The van der Waals surface area contributed by atoms with Gasteiger partial charge in [-0.15, -0.1) is 0 Å². The number of ether oxygens (including phenoxy) is 1.